The molecule has 3 unspecified atom stereocenters. The van der Waals surface area contributed by atoms with Crippen molar-refractivity contribution in [2.24, 2.45) is 0 Å². The Morgan fingerprint density at radius 2 is 1.93 bits per heavy atom. The minimum absolute atomic E-state index is 0.0725. The number of nitrogens with zero attached hydrogens (tertiary/aromatic N) is 1. The van der Waals surface area contributed by atoms with E-state index in [0.717, 1.165) is 69.7 Å². The van der Waals surface area contributed by atoms with Crippen molar-refractivity contribution >= 4 is 35.3 Å². The van der Waals surface area contributed by atoms with Crippen LogP contribution in [0.3, 0.4) is 0 Å². The van der Waals surface area contributed by atoms with E-state index >= 15 is 0 Å². The van der Waals surface area contributed by atoms with E-state index in [1.54, 1.807) is 37.5 Å². The molecule has 1 saturated heterocycles. The van der Waals surface area contributed by atoms with E-state index < -0.39 is 12.1 Å². The molecule has 4 rings (SSSR count). The maximum atomic E-state index is 12.2. The van der Waals surface area contributed by atoms with Gasteiger partial charge >= 0.3 is 18.2 Å². The zero-order chi connectivity index (χ0) is 30.0. The van der Waals surface area contributed by atoms with Crippen molar-refractivity contribution < 1.29 is 37.3 Å². The van der Waals surface area contributed by atoms with Gasteiger partial charge in [-0.05, 0) is 90.7 Å². The molecule has 2 aliphatic rings. The van der Waals surface area contributed by atoms with Gasteiger partial charge in [0.2, 0.25) is 0 Å². The van der Waals surface area contributed by atoms with Crippen LogP contribution in [0.4, 0.5) is 18.0 Å². The Bertz CT molecular complexity index is 1140. The number of halogens is 3. The fourth-order valence-corrected chi connectivity index (χ4v) is 7.08. The van der Waals surface area contributed by atoms with Gasteiger partial charge in [-0.3, -0.25) is 9.62 Å². The molecule has 2 amide bonds. The number of fused-ring (bicyclic) bond motifs is 1. The predicted molar refractivity (Wildman–Crippen MR) is 155 cm³/mol. The first-order valence-corrected chi connectivity index (χ1v) is 15.3. The number of unbranched alkanes of at least 4 members (excludes halogenated alkanes) is 1. The number of hydrogen-bond acceptors (Lipinski definition) is 7. The van der Waals surface area contributed by atoms with Crippen LogP contribution in [0.15, 0.2) is 35.0 Å². The summed E-state index contributed by atoms with van der Waals surface area (Å²) in [5.74, 6) is -1.19. The van der Waals surface area contributed by atoms with Gasteiger partial charge in [0.25, 0.3) is 0 Å². The number of carboxylic acids is 1. The second-order valence-electron chi connectivity index (χ2n) is 10.1. The first-order valence-electron chi connectivity index (χ1n) is 13.5. The van der Waals surface area contributed by atoms with Crippen LogP contribution in [0.5, 0.6) is 11.5 Å². The van der Waals surface area contributed by atoms with E-state index in [1.807, 2.05) is 6.07 Å². The zero-order valence-corrected chi connectivity index (χ0v) is 25.1. The fourth-order valence-electron chi connectivity index (χ4n) is 5.56. The monoisotopic (exact) mass is 617 g/mol. The van der Waals surface area contributed by atoms with E-state index in [9.17, 15) is 18.0 Å². The van der Waals surface area contributed by atoms with Crippen molar-refractivity contribution in [2.75, 3.05) is 27.3 Å². The summed E-state index contributed by atoms with van der Waals surface area (Å²) < 4.78 is 45.9. The lowest BCUT2D eigenvalue weighted by molar-refractivity contribution is -0.192. The highest BCUT2D eigenvalue weighted by atomic mass is 32.2. The number of amides is 2. The van der Waals surface area contributed by atoms with Crippen LogP contribution in [0.25, 0.3) is 0 Å². The Hall–Kier alpha value is -2.64. The summed E-state index contributed by atoms with van der Waals surface area (Å²) in [6, 6.07) is 9.05. The minimum atomic E-state index is -5.08. The number of alkyl halides is 3. The number of methoxy groups -OCH3 is 2. The number of aliphatic carboxylic acids is 1. The molecule has 3 atom stereocenters. The lowest BCUT2D eigenvalue weighted by atomic mass is 9.66. The van der Waals surface area contributed by atoms with Crippen LogP contribution >= 0.6 is 23.3 Å². The molecule has 0 radical (unpaired) electrons. The third kappa shape index (κ3) is 8.68. The smallest absolute Gasteiger partial charge is 0.490 e. The highest BCUT2D eigenvalue weighted by Crippen LogP contribution is 2.52. The summed E-state index contributed by atoms with van der Waals surface area (Å²) in [4.78, 5) is 23.8. The number of hydrogen-bond donors (Lipinski definition) is 3. The van der Waals surface area contributed by atoms with Gasteiger partial charge in [0.1, 0.15) is 0 Å². The van der Waals surface area contributed by atoms with Crippen LogP contribution in [0.1, 0.15) is 56.6 Å². The van der Waals surface area contributed by atoms with E-state index in [1.165, 1.54) is 11.1 Å². The molecule has 41 heavy (non-hydrogen) atoms. The second-order valence-corrected chi connectivity index (χ2v) is 12.0. The molecule has 0 bridgehead atoms. The number of thiophene rings is 1. The number of carbonyl (C=O) groups excluding carboxylic acids is 1. The van der Waals surface area contributed by atoms with Gasteiger partial charge in [-0.2, -0.15) is 24.5 Å². The highest BCUT2D eigenvalue weighted by molar-refractivity contribution is 7.98. The van der Waals surface area contributed by atoms with Crippen molar-refractivity contribution in [3.8, 4) is 11.5 Å². The summed E-state index contributed by atoms with van der Waals surface area (Å²) in [6.07, 6.45) is 1.38. The summed E-state index contributed by atoms with van der Waals surface area (Å²) in [7, 11) is 3.39. The first kappa shape index (κ1) is 32.9. The third-order valence-electron chi connectivity index (χ3n) is 7.62. The van der Waals surface area contributed by atoms with Crippen LogP contribution in [0, 0.1) is 0 Å². The Kier molecular flexibility index (Phi) is 12.0. The molecule has 2 heterocycles. The molecule has 0 spiro atoms. The number of carboxylic acid groups (broad SMARTS) is 1. The molecular formula is C28H38F3N3O5S2. The van der Waals surface area contributed by atoms with Crippen LogP contribution < -0.4 is 19.5 Å². The standard InChI is InChI=1S/C26H37N3O3S2.C2HF3O2/c1-4-5-12-27-25(30)28-34-21-8-10-26(20-6-7-22(31-2)23(15-20)32-3)11-13-29(24(26)16-21)17-19-9-14-33-18-19;3-2(4,5)1(6)7/h6-7,9,14-15,18,21,24H,4-5,8,10-13,16-17H2,1-3H3,(H2,27,28,30);(H,6,7). The van der Waals surface area contributed by atoms with Gasteiger partial charge in [0.05, 0.1) is 14.2 Å². The highest BCUT2D eigenvalue weighted by Gasteiger charge is 2.51. The Morgan fingerprint density at radius 3 is 2.54 bits per heavy atom. The lowest BCUT2D eigenvalue weighted by Crippen LogP contribution is -2.48. The number of nitrogens with one attached hydrogen (secondary N) is 2. The van der Waals surface area contributed by atoms with E-state index in [4.69, 9.17) is 19.4 Å². The van der Waals surface area contributed by atoms with Crippen LogP contribution in [0.2, 0.25) is 0 Å². The van der Waals surface area contributed by atoms with Gasteiger partial charge < -0.3 is 19.9 Å². The largest absolute Gasteiger partial charge is 0.493 e. The summed E-state index contributed by atoms with van der Waals surface area (Å²) in [6.45, 7) is 4.92. The number of benzene rings is 1. The molecule has 13 heteroatoms. The quantitative estimate of drug-likeness (QED) is 0.215. The molecule has 2 aromatic rings. The van der Waals surface area contributed by atoms with Crippen molar-refractivity contribution in [1.29, 1.82) is 0 Å². The topological polar surface area (TPSA) is 100 Å². The number of urea groups is 1. The number of carbonyl (C=O) groups is 2. The zero-order valence-electron chi connectivity index (χ0n) is 23.5. The lowest BCUT2D eigenvalue weighted by Gasteiger charge is -2.45. The molecule has 1 aromatic carbocycles. The fraction of sp³-hybridized carbons (Fsp3) is 0.571. The van der Waals surface area contributed by atoms with Crippen molar-refractivity contribution in [3.63, 3.8) is 0 Å². The van der Waals surface area contributed by atoms with Crippen LogP contribution in [-0.2, 0) is 16.8 Å². The molecule has 228 valence electrons. The molecule has 1 aromatic heterocycles. The van der Waals surface area contributed by atoms with Gasteiger partial charge in [0, 0.05) is 29.8 Å². The maximum Gasteiger partial charge on any atom is 0.490 e. The normalized spacial score (nSPS) is 22.2. The van der Waals surface area contributed by atoms with Crippen molar-refractivity contribution in [1.82, 2.24) is 14.9 Å². The third-order valence-corrected chi connectivity index (χ3v) is 9.42. The number of ether oxygens (including phenoxy) is 2. The van der Waals surface area contributed by atoms with Crippen molar-refractivity contribution in [2.45, 2.75) is 74.9 Å². The van der Waals surface area contributed by atoms with Gasteiger partial charge in [-0.25, -0.2) is 9.59 Å². The Balaban J connectivity index is 0.000000587. The van der Waals surface area contributed by atoms with Crippen LogP contribution in [-0.4, -0.2) is 66.8 Å². The molecule has 3 N–H and O–H groups in total. The van der Waals surface area contributed by atoms with E-state index in [-0.39, 0.29) is 11.4 Å². The number of rotatable bonds is 10. The van der Waals surface area contributed by atoms with E-state index in [0.29, 0.717) is 11.3 Å². The van der Waals surface area contributed by atoms with Gasteiger partial charge in [0.15, 0.2) is 11.5 Å². The average Bonchev–Trinajstić information content (AvgIpc) is 3.60. The van der Waals surface area contributed by atoms with Gasteiger partial charge in [-0.1, -0.05) is 19.4 Å². The van der Waals surface area contributed by atoms with Gasteiger partial charge in [-0.15, -0.1) is 0 Å². The molecule has 1 aliphatic heterocycles. The number of likely N-dealkylation sites (tertiary alicyclic amines) is 1. The maximum absolute atomic E-state index is 12.2. The molecule has 1 aliphatic carbocycles. The first-order chi connectivity index (χ1) is 19.5. The molecule has 8 nitrogen and oxygen atoms in total. The summed E-state index contributed by atoms with van der Waals surface area (Å²) >= 11 is 3.36. The summed E-state index contributed by atoms with van der Waals surface area (Å²) in [5, 5.41) is 14.9. The Labute approximate surface area is 247 Å². The minimum Gasteiger partial charge on any atom is -0.493 e. The Morgan fingerprint density at radius 1 is 1.20 bits per heavy atom. The molecule has 1 saturated carbocycles. The predicted octanol–water partition coefficient (Wildman–Crippen LogP) is 6.21. The average molecular weight is 618 g/mol. The van der Waals surface area contributed by atoms with Crippen molar-refractivity contribution in [3.05, 3.63) is 46.2 Å². The molecular weight excluding hydrogens is 579 g/mol. The van der Waals surface area contributed by atoms with E-state index in [2.05, 4.69) is 50.8 Å². The summed E-state index contributed by atoms with van der Waals surface area (Å²) in [5.41, 5.74) is 2.82. The SMILES string of the molecule is CCCCNC(=O)NSC1CCC2(c3ccc(OC)c(OC)c3)CCN(Cc3ccsc3)C2C1.O=C(O)C(F)(F)F. The second kappa shape index (κ2) is 15.0. The molecule has 2 fully saturated rings.